The third-order valence-corrected chi connectivity index (χ3v) is 5.74. The van der Waals surface area contributed by atoms with Crippen molar-refractivity contribution in [1.82, 2.24) is 4.98 Å². The summed E-state index contributed by atoms with van der Waals surface area (Å²) in [6, 6.07) is 15.2. The first-order chi connectivity index (χ1) is 13.3. The van der Waals surface area contributed by atoms with Gasteiger partial charge in [-0.2, -0.15) is 4.36 Å². The smallest absolute Gasteiger partial charge is 0.272 e. The zero-order valence-electron chi connectivity index (χ0n) is 15.7. The van der Waals surface area contributed by atoms with Crippen LogP contribution in [0.5, 0.6) is 11.5 Å². The summed E-state index contributed by atoms with van der Waals surface area (Å²) in [5, 5.41) is 11.1. The molecular weight excluding hydrogens is 378 g/mol. The molecule has 1 aromatic heterocycles. The number of nitrogens with zero attached hydrogens (tertiary/aromatic N) is 3. The van der Waals surface area contributed by atoms with Crippen LogP contribution >= 0.6 is 0 Å². The minimum atomic E-state index is -2.72. The van der Waals surface area contributed by atoms with E-state index in [9.17, 15) is 14.3 Å². The molecule has 1 atom stereocenters. The van der Waals surface area contributed by atoms with Crippen LogP contribution in [0.25, 0.3) is 0 Å². The second kappa shape index (κ2) is 7.77. The van der Waals surface area contributed by atoms with Gasteiger partial charge in [-0.15, -0.1) is 0 Å². The van der Waals surface area contributed by atoms with Crippen molar-refractivity contribution in [3.8, 4) is 11.5 Å². The Labute approximate surface area is 163 Å². The molecular formula is C20H19N3O4S. The van der Waals surface area contributed by atoms with Gasteiger partial charge < -0.3 is 4.74 Å². The molecule has 7 nitrogen and oxygen atoms in total. The first-order valence-electron chi connectivity index (χ1n) is 8.43. The van der Waals surface area contributed by atoms with Crippen LogP contribution in [0.4, 0.5) is 11.5 Å². The van der Waals surface area contributed by atoms with E-state index in [-0.39, 0.29) is 5.69 Å². The number of ether oxygens (including phenoxy) is 1. The predicted molar refractivity (Wildman–Crippen MR) is 108 cm³/mol. The van der Waals surface area contributed by atoms with Crippen LogP contribution in [0.1, 0.15) is 11.1 Å². The lowest BCUT2D eigenvalue weighted by molar-refractivity contribution is -0.385. The summed E-state index contributed by atoms with van der Waals surface area (Å²) in [4.78, 5) is 15.2. The fourth-order valence-corrected chi connectivity index (χ4v) is 3.86. The van der Waals surface area contributed by atoms with Crippen molar-refractivity contribution in [2.45, 2.75) is 18.7 Å². The largest absolute Gasteiger partial charge is 0.457 e. The van der Waals surface area contributed by atoms with E-state index < -0.39 is 14.7 Å². The highest BCUT2D eigenvalue weighted by Crippen LogP contribution is 2.32. The van der Waals surface area contributed by atoms with E-state index in [4.69, 9.17) is 4.74 Å². The maximum atomic E-state index is 13.1. The number of aryl methyl sites for hydroxylation is 2. The number of benzene rings is 2. The number of pyridine rings is 1. The van der Waals surface area contributed by atoms with E-state index in [2.05, 4.69) is 9.35 Å². The molecule has 0 aliphatic carbocycles. The molecule has 28 heavy (non-hydrogen) atoms. The van der Waals surface area contributed by atoms with Crippen molar-refractivity contribution in [1.29, 1.82) is 0 Å². The lowest BCUT2D eigenvalue weighted by Gasteiger charge is -2.12. The lowest BCUT2D eigenvalue weighted by Crippen LogP contribution is -1.99. The molecule has 0 spiro atoms. The predicted octanol–water partition coefficient (Wildman–Crippen LogP) is 5.19. The average molecular weight is 397 g/mol. The van der Waals surface area contributed by atoms with Gasteiger partial charge in [0.2, 0.25) is 0 Å². The molecule has 0 aliphatic heterocycles. The van der Waals surface area contributed by atoms with Gasteiger partial charge in [0.05, 0.1) is 19.5 Å². The molecule has 144 valence electrons. The molecule has 0 radical (unpaired) electrons. The Morgan fingerprint density at radius 1 is 1.07 bits per heavy atom. The van der Waals surface area contributed by atoms with Crippen molar-refractivity contribution in [2.75, 3.05) is 6.26 Å². The first kappa shape index (κ1) is 19.5. The summed E-state index contributed by atoms with van der Waals surface area (Å²) >= 11 is 0. The van der Waals surface area contributed by atoms with E-state index in [1.54, 1.807) is 74.8 Å². The zero-order chi connectivity index (χ0) is 20.3. The van der Waals surface area contributed by atoms with Gasteiger partial charge in [0.15, 0.2) is 5.82 Å². The van der Waals surface area contributed by atoms with Crippen LogP contribution < -0.4 is 4.74 Å². The third-order valence-electron chi connectivity index (χ3n) is 4.08. The van der Waals surface area contributed by atoms with Crippen molar-refractivity contribution < 1.29 is 13.9 Å². The lowest BCUT2D eigenvalue weighted by atomic mass is 10.1. The minimum absolute atomic E-state index is 0.0457. The van der Waals surface area contributed by atoms with E-state index in [0.717, 1.165) is 0 Å². The van der Waals surface area contributed by atoms with Gasteiger partial charge in [0.1, 0.15) is 11.5 Å². The van der Waals surface area contributed by atoms with Gasteiger partial charge in [-0.3, -0.25) is 10.1 Å². The number of nitro benzene ring substituents is 1. The summed E-state index contributed by atoms with van der Waals surface area (Å²) in [6.07, 6.45) is 3.13. The van der Waals surface area contributed by atoms with Crippen LogP contribution in [0, 0.1) is 24.0 Å². The fourth-order valence-electron chi connectivity index (χ4n) is 2.62. The highest BCUT2D eigenvalue weighted by atomic mass is 32.2. The molecule has 1 unspecified atom stereocenters. The van der Waals surface area contributed by atoms with Gasteiger partial charge in [-0.25, -0.2) is 9.19 Å². The van der Waals surface area contributed by atoms with E-state index in [1.807, 2.05) is 0 Å². The molecule has 3 rings (SSSR count). The molecule has 0 amide bonds. The highest BCUT2D eigenvalue weighted by molar-refractivity contribution is 7.93. The molecule has 2 aromatic carbocycles. The van der Waals surface area contributed by atoms with Crippen LogP contribution in [-0.4, -0.2) is 20.4 Å². The van der Waals surface area contributed by atoms with E-state index in [1.165, 1.54) is 6.07 Å². The average Bonchev–Trinajstić information content (AvgIpc) is 2.65. The Morgan fingerprint density at radius 2 is 1.86 bits per heavy atom. The van der Waals surface area contributed by atoms with Crippen LogP contribution in [0.2, 0.25) is 0 Å². The van der Waals surface area contributed by atoms with Crippen LogP contribution in [-0.2, 0) is 9.73 Å². The Balaban J connectivity index is 1.95. The molecule has 0 saturated carbocycles. The summed E-state index contributed by atoms with van der Waals surface area (Å²) in [5.74, 6) is 1.37. The van der Waals surface area contributed by atoms with Gasteiger partial charge in [0, 0.05) is 24.1 Å². The van der Waals surface area contributed by atoms with Gasteiger partial charge in [-0.1, -0.05) is 12.1 Å². The summed E-state index contributed by atoms with van der Waals surface area (Å²) in [6.45, 7) is 3.40. The number of hydrogen-bond acceptors (Lipinski definition) is 6. The van der Waals surface area contributed by atoms with Gasteiger partial charge in [0.25, 0.3) is 5.69 Å². The number of rotatable bonds is 5. The van der Waals surface area contributed by atoms with Crippen molar-refractivity contribution in [3.63, 3.8) is 0 Å². The molecule has 8 heteroatoms. The third kappa shape index (κ3) is 4.34. The normalized spacial score (nSPS) is 12.8. The number of aromatic nitrogens is 1. The fraction of sp³-hybridized carbons (Fsp3) is 0.150. The summed E-state index contributed by atoms with van der Waals surface area (Å²) in [5.41, 5.74) is 1.19. The molecule has 0 bridgehead atoms. The minimum Gasteiger partial charge on any atom is -0.457 e. The Bertz CT molecular complexity index is 1150. The quantitative estimate of drug-likeness (QED) is 0.436. The summed E-state index contributed by atoms with van der Waals surface area (Å²) < 4.78 is 23.2. The molecule has 0 fully saturated rings. The number of nitro groups is 1. The van der Waals surface area contributed by atoms with Crippen molar-refractivity contribution in [3.05, 3.63) is 82.0 Å². The monoisotopic (exact) mass is 397 g/mol. The van der Waals surface area contributed by atoms with Crippen molar-refractivity contribution >= 4 is 21.2 Å². The number of hydrogen-bond donors (Lipinski definition) is 0. The standard InChI is InChI=1S/C20H19N3O4S/c1-14-12-19(15(2)11-18(14)23(24)25)27-16-7-6-8-17(13-16)28(3,26)22-20-9-4-5-10-21-20/h4-13H,1-3H3. The van der Waals surface area contributed by atoms with Gasteiger partial charge in [-0.05, 0) is 55.8 Å². The van der Waals surface area contributed by atoms with E-state index in [0.29, 0.717) is 33.3 Å². The highest BCUT2D eigenvalue weighted by Gasteiger charge is 2.15. The Morgan fingerprint density at radius 3 is 2.54 bits per heavy atom. The zero-order valence-corrected chi connectivity index (χ0v) is 16.5. The van der Waals surface area contributed by atoms with Crippen LogP contribution in [0.15, 0.2) is 70.1 Å². The Kier molecular flexibility index (Phi) is 5.41. The SMILES string of the molecule is Cc1cc([N+](=O)[O-])c(C)cc1Oc1cccc(S(C)(=O)=Nc2ccccn2)c1. The molecule has 0 saturated heterocycles. The Hall–Kier alpha value is -3.26. The van der Waals surface area contributed by atoms with E-state index >= 15 is 0 Å². The maximum absolute atomic E-state index is 13.1. The molecule has 3 aromatic rings. The first-order valence-corrected chi connectivity index (χ1v) is 10.4. The second-order valence-corrected chi connectivity index (χ2v) is 8.58. The van der Waals surface area contributed by atoms with Crippen molar-refractivity contribution in [2.24, 2.45) is 4.36 Å². The molecule has 0 aliphatic rings. The van der Waals surface area contributed by atoms with Crippen LogP contribution in [0.3, 0.4) is 0 Å². The van der Waals surface area contributed by atoms with Gasteiger partial charge >= 0.3 is 0 Å². The molecule has 1 heterocycles. The topological polar surface area (TPSA) is 94.7 Å². The summed E-state index contributed by atoms with van der Waals surface area (Å²) in [7, 11) is -2.72. The second-order valence-electron chi connectivity index (χ2n) is 6.32. The molecule has 0 N–H and O–H groups in total. The maximum Gasteiger partial charge on any atom is 0.272 e.